The van der Waals surface area contributed by atoms with E-state index in [2.05, 4.69) is 14.7 Å². The standard InChI is InChI=1S/C34H34F3N3O5S/c1-22-20-25(6-14-31(22)45-44-23(2)41)30(42)13-15-32-29(38-33(46-32)24-4-7-26(8-5-24)34(35,36)37)21-39-16-18-40(19-17-39)27-9-11-28(43-3)12-10-27/h4-12,14,20H,13,15-19,21H2,1-3H3. The lowest BCUT2D eigenvalue weighted by Gasteiger charge is -2.36. The van der Waals surface area contributed by atoms with Crippen LogP contribution in [0.15, 0.2) is 66.7 Å². The van der Waals surface area contributed by atoms with Crippen molar-refractivity contribution in [2.24, 2.45) is 0 Å². The maximum Gasteiger partial charge on any atom is 0.416 e. The summed E-state index contributed by atoms with van der Waals surface area (Å²) in [5, 5.41) is 0.617. The van der Waals surface area contributed by atoms with E-state index in [1.807, 2.05) is 24.3 Å². The number of aromatic nitrogens is 1. The van der Waals surface area contributed by atoms with Crippen LogP contribution in [0.4, 0.5) is 18.9 Å². The second-order valence-electron chi connectivity index (χ2n) is 11.0. The Morgan fingerprint density at radius 1 is 0.957 bits per heavy atom. The molecule has 0 amide bonds. The maximum absolute atomic E-state index is 13.2. The number of rotatable bonds is 11. The fourth-order valence-corrected chi connectivity index (χ4v) is 6.26. The zero-order valence-corrected chi connectivity index (χ0v) is 26.5. The van der Waals surface area contributed by atoms with E-state index in [4.69, 9.17) is 14.6 Å². The Labute approximate surface area is 269 Å². The van der Waals surface area contributed by atoms with E-state index < -0.39 is 17.7 Å². The van der Waals surface area contributed by atoms with Crippen molar-refractivity contribution in [1.29, 1.82) is 0 Å². The molecule has 1 fully saturated rings. The molecular formula is C34H34F3N3O5S. The third kappa shape index (κ3) is 8.24. The number of benzene rings is 3. The average molecular weight is 654 g/mol. The van der Waals surface area contributed by atoms with E-state index in [1.165, 1.54) is 30.4 Å². The van der Waals surface area contributed by atoms with E-state index in [0.717, 1.165) is 60.3 Å². The molecular weight excluding hydrogens is 619 g/mol. The van der Waals surface area contributed by atoms with E-state index in [0.29, 0.717) is 40.4 Å². The van der Waals surface area contributed by atoms with Crippen LogP contribution in [-0.4, -0.2) is 54.9 Å². The van der Waals surface area contributed by atoms with E-state index in [1.54, 1.807) is 32.2 Å². The summed E-state index contributed by atoms with van der Waals surface area (Å²) in [5.41, 5.74) is 2.97. The Morgan fingerprint density at radius 3 is 2.26 bits per heavy atom. The number of piperazine rings is 1. The first-order chi connectivity index (χ1) is 22.0. The van der Waals surface area contributed by atoms with Crippen molar-refractivity contribution in [2.45, 2.75) is 39.4 Å². The first kappa shape index (κ1) is 33.0. The summed E-state index contributed by atoms with van der Waals surface area (Å²) in [6.07, 6.45) is -3.77. The molecule has 0 N–H and O–H groups in total. The third-order valence-corrected chi connectivity index (χ3v) is 8.95. The van der Waals surface area contributed by atoms with E-state index >= 15 is 0 Å². The molecule has 0 saturated carbocycles. The molecule has 0 spiro atoms. The van der Waals surface area contributed by atoms with Gasteiger partial charge in [-0.2, -0.15) is 13.2 Å². The quantitative estimate of drug-likeness (QED) is 0.0961. The lowest BCUT2D eigenvalue weighted by molar-refractivity contribution is -0.211. The minimum Gasteiger partial charge on any atom is -0.497 e. The number of carbonyl (C=O) groups is 2. The SMILES string of the molecule is COc1ccc(N2CCN(Cc3nc(-c4ccc(C(F)(F)F)cc4)sc3CCC(=O)c3ccc(OOC(C)=O)c(C)c3)CC2)cc1. The molecule has 3 aromatic carbocycles. The number of ether oxygens (including phenoxy) is 1. The van der Waals surface area contributed by atoms with Crippen LogP contribution in [0.25, 0.3) is 10.6 Å². The number of thiazole rings is 1. The zero-order valence-electron chi connectivity index (χ0n) is 25.7. The number of nitrogens with zero attached hydrogens (tertiary/aromatic N) is 3. The fourth-order valence-electron chi connectivity index (χ4n) is 5.19. The summed E-state index contributed by atoms with van der Waals surface area (Å²) < 4.78 is 44.8. The molecule has 2 heterocycles. The van der Waals surface area contributed by atoms with Crippen LogP contribution in [0.5, 0.6) is 11.5 Å². The molecule has 242 valence electrons. The molecule has 46 heavy (non-hydrogen) atoms. The maximum atomic E-state index is 13.2. The van der Waals surface area contributed by atoms with Crippen molar-refractivity contribution < 1.29 is 37.3 Å². The van der Waals surface area contributed by atoms with Crippen LogP contribution in [-0.2, 0) is 28.8 Å². The predicted octanol–water partition coefficient (Wildman–Crippen LogP) is 7.14. The number of anilines is 1. The molecule has 1 aliphatic heterocycles. The van der Waals surface area contributed by atoms with Crippen LogP contribution in [0.3, 0.4) is 0 Å². The summed E-state index contributed by atoms with van der Waals surface area (Å²) in [5.74, 6) is 0.478. The molecule has 1 aliphatic rings. The van der Waals surface area contributed by atoms with E-state index in [-0.39, 0.29) is 12.2 Å². The highest BCUT2D eigenvalue weighted by molar-refractivity contribution is 7.15. The van der Waals surface area contributed by atoms with Gasteiger partial charge in [0.2, 0.25) is 0 Å². The van der Waals surface area contributed by atoms with Crippen molar-refractivity contribution in [1.82, 2.24) is 9.88 Å². The van der Waals surface area contributed by atoms with Crippen LogP contribution < -0.4 is 14.5 Å². The highest BCUT2D eigenvalue weighted by atomic mass is 32.1. The summed E-state index contributed by atoms with van der Waals surface area (Å²) in [6, 6.07) is 17.9. The molecule has 0 atom stereocenters. The number of aryl methyl sites for hydroxylation is 2. The van der Waals surface area contributed by atoms with Gasteiger partial charge in [-0.1, -0.05) is 12.1 Å². The smallest absolute Gasteiger partial charge is 0.416 e. The fraction of sp³-hybridized carbons (Fsp3) is 0.324. The number of halogens is 3. The van der Waals surface area contributed by atoms with Gasteiger partial charge in [0.25, 0.3) is 0 Å². The van der Waals surface area contributed by atoms with Crippen molar-refractivity contribution in [2.75, 3.05) is 38.2 Å². The van der Waals surface area contributed by atoms with Gasteiger partial charge in [-0.3, -0.25) is 19.5 Å². The van der Waals surface area contributed by atoms with E-state index in [9.17, 15) is 22.8 Å². The Bertz CT molecular complexity index is 1670. The lowest BCUT2D eigenvalue weighted by atomic mass is 10.0. The summed E-state index contributed by atoms with van der Waals surface area (Å²) >= 11 is 1.41. The molecule has 0 aliphatic carbocycles. The molecule has 1 saturated heterocycles. The predicted molar refractivity (Wildman–Crippen MR) is 169 cm³/mol. The summed E-state index contributed by atoms with van der Waals surface area (Å²) in [7, 11) is 1.64. The highest BCUT2D eigenvalue weighted by Gasteiger charge is 2.30. The van der Waals surface area contributed by atoms with Gasteiger partial charge in [-0.25, -0.2) is 9.78 Å². The van der Waals surface area contributed by atoms with Crippen molar-refractivity contribution in [3.63, 3.8) is 0 Å². The Morgan fingerprint density at radius 2 is 1.65 bits per heavy atom. The van der Waals surface area contributed by atoms with Gasteiger partial charge in [-0.05, 0) is 73.5 Å². The number of ketones is 1. The summed E-state index contributed by atoms with van der Waals surface area (Å²) in [6.45, 7) is 6.81. The number of carbonyl (C=O) groups excluding carboxylic acids is 2. The Balaban J connectivity index is 1.30. The second kappa shape index (κ2) is 14.3. The number of hydrogen-bond donors (Lipinski definition) is 0. The lowest BCUT2D eigenvalue weighted by Crippen LogP contribution is -2.46. The molecule has 12 heteroatoms. The van der Waals surface area contributed by atoms with Crippen LogP contribution in [0, 0.1) is 6.92 Å². The molecule has 8 nitrogen and oxygen atoms in total. The van der Waals surface area contributed by atoms with Gasteiger partial charge < -0.3 is 9.64 Å². The monoisotopic (exact) mass is 653 g/mol. The molecule has 4 aromatic rings. The third-order valence-electron chi connectivity index (χ3n) is 7.75. The minimum absolute atomic E-state index is 0.0781. The average Bonchev–Trinajstić information content (AvgIpc) is 3.45. The Hall–Kier alpha value is -4.42. The topological polar surface area (TPSA) is 81.2 Å². The van der Waals surface area contributed by atoms with Crippen molar-refractivity contribution >= 4 is 28.8 Å². The highest BCUT2D eigenvalue weighted by Crippen LogP contribution is 2.34. The number of alkyl halides is 3. The normalized spacial score (nSPS) is 13.8. The molecule has 5 rings (SSSR count). The number of Topliss-reactive ketones (excluding diaryl/α,β-unsaturated/α-hetero) is 1. The zero-order chi connectivity index (χ0) is 32.8. The minimum atomic E-state index is -4.42. The first-order valence-corrected chi connectivity index (χ1v) is 15.6. The van der Waals surface area contributed by atoms with Gasteiger partial charge in [0.05, 0.1) is 18.4 Å². The van der Waals surface area contributed by atoms with Gasteiger partial charge in [0.1, 0.15) is 10.8 Å². The van der Waals surface area contributed by atoms with Gasteiger partial charge in [0.15, 0.2) is 11.5 Å². The first-order valence-electron chi connectivity index (χ1n) is 14.8. The summed E-state index contributed by atoms with van der Waals surface area (Å²) in [4.78, 5) is 44.3. The van der Waals surface area contributed by atoms with Crippen molar-refractivity contribution in [3.05, 3.63) is 94.0 Å². The van der Waals surface area contributed by atoms with Gasteiger partial charge in [-0.15, -0.1) is 11.3 Å². The van der Waals surface area contributed by atoms with Crippen LogP contribution in [0.1, 0.15) is 45.4 Å². The van der Waals surface area contributed by atoms with Gasteiger partial charge >= 0.3 is 12.1 Å². The Kier molecular flexibility index (Phi) is 10.3. The molecule has 1 aromatic heterocycles. The largest absolute Gasteiger partial charge is 0.497 e. The number of methoxy groups -OCH3 is 1. The van der Waals surface area contributed by atoms with Crippen LogP contribution >= 0.6 is 11.3 Å². The van der Waals surface area contributed by atoms with Gasteiger partial charge in [0, 0.05) is 67.8 Å². The molecule has 0 unspecified atom stereocenters. The van der Waals surface area contributed by atoms with Crippen LogP contribution in [0.2, 0.25) is 0 Å². The van der Waals surface area contributed by atoms with Crippen molar-refractivity contribution in [3.8, 4) is 22.1 Å². The number of hydrogen-bond acceptors (Lipinski definition) is 9. The molecule has 0 bridgehead atoms. The second-order valence-corrected chi connectivity index (χ2v) is 12.1. The molecule has 0 radical (unpaired) electrons.